The third kappa shape index (κ3) is 4.40. The molecule has 9 heteroatoms. The van der Waals surface area contributed by atoms with Crippen LogP contribution in [0.15, 0.2) is 62.8 Å². The predicted molar refractivity (Wildman–Crippen MR) is 147 cm³/mol. The van der Waals surface area contributed by atoms with Crippen LogP contribution in [0.2, 0.25) is 0 Å². The van der Waals surface area contributed by atoms with Gasteiger partial charge < -0.3 is 9.64 Å². The van der Waals surface area contributed by atoms with Crippen molar-refractivity contribution in [2.75, 3.05) is 18.1 Å². The molecule has 37 heavy (non-hydrogen) atoms. The van der Waals surface area contributed by atoms with E-state index in [2.05, 4.69) is 11.9 Å². The molecular weight excluding hydrogens is 506 g/mol. The molecule has 0 aliphatic carbocycles. The van der Waals surface area contributed by atoms with Gasteiger partial charge in [-0.3, -0.25) is 14.2 Å². The summed E-state index contributed by atoms with van der Waals surface area (Å²) in [5, 5.41) is 1.92. The molecule has 0 saturated carbocycles. The number of carbonyl (C=O) groups is 2. The van der Waals surface area contributed by atoms with Crippen molar-refractivity contribution in [3.05, 3.63) is 83.2 Å². The van der Waals surface area contributed by atoms with E-state index in [4.69, 9.17) is 4.74 Å². The molecule has 4 heterocycles. The Morgan fingerprint density at radius 1 is 1.16 bits per heavy atom. The van der Waals surface area contributed by atoms with Crippen LogP contribution in [0.1, 0.15) is 57.0 Å². The number of amides is 1. The Morgan fingerprint density at radius 2 is 1.95 bits per heavy atom. The van der Waals surface area contributed by atoms with Crippen molar-refractivity contribution in [2.24, 2.45) is 10.9 Å². The van der Waals surface area contributed by atoms with Crippen LogP contribution in [-0.4, -0.2) is 29.6 Å². The Labute approximate surface area is 223 Å². The van der Waals surface area contributed by atoms with Crippen LogP contribution < -0.4 is 19.8 Å². The van der Waals surface area contributed by atoms with Crippen molar-refractivity contribution < 1.29 is 14.3 Å². The monoisotopic (exact) mass is 535 g/mol. The number of unbranched alkanes of at least 4 members (excludes halogenated alkanes) is 1. The van der Waals surface area contributed by atoms with Crippen LogP contribution in [0.3, 0.4) is 0 Å². The molecule has 1 atom stereocenters. The second kappa shape index (κ2) is 10.2. The second-order valence-electron chi connectivity index (χ2n) is 9.61. The van der Waals surface area contributed by atoms with Gasteiger partial charge in [-0.25, -0.2) is 9.79 Å². The van der Waals surface area contributed by atoms with Gasteiger partial charge in [0.2, 0.25) is 0 Å². The molecule has 0 saturated heterocycles. The van der Waals surface area contributed by atoms with E-state index in [1.807, 2.05) is 55.6 Å². The first-order valence-electron chi connectivity index (χ1n) is 12.5. The Morgan fingerprint density at radius 3 is 2.65 bits per heavy atom. The number of carbonyl (C=O) groups excluding carboxylic acids is 2. The van der Waals surface area contributed by atoms with Crippen LogP contribution in [-0.2, 0) is 14.3 Å². The van der Waals surface area contributed by atoms with Gasteiger partial charge in [-0.05, 0) is 36.8 Å². The summed E-state index contributed by atoms with van der Waals surface area (Å²) in [6.07, 6.45) is 1.83. The lowest BCUT2D eigenvalue weighted by Crippen LogP contribution is -2.40. The summed E-state index contributed by atoms with van der Waals surface area (Å²) in [5.74, 6) is -0.462. The fraction of sp³-hybridized carbons (Fsp3) is 0.357. The molecule has 0 spiro atoms. The molecule has 5 rings (SSSR count). The van der Waals surface area contributed by atoms with E-state index in [-0.39, 0.29) is 24.0 Å². The molecule has 192 valence electrons. The highest BCUT2D eigenvalue weighted by Gasteiger charge is 2.37. The fourth-order valence-corrected chi connectivity index (χ4v) is 6.67. The standard InChI is InChI=1S/C28H29N3O4S2/c1-5-6-13-30-19-11-8-7-10-18(19)22(25(30)32)24-26(33)31-23(20-12-9-14-36-20)21(17(4)29-28(31)37-24)27(34)35-15-16(2)3/h7-12,14,16,23H,5-6,13,15H2,1-4H3/b24-22-/t23-/m1/s1. The van der Waals surface area contributed by atoms with Crippen LogP contribution in [0.25, 0.3) is 5.57 Å². The molecule has 1 amide bonds. The quantitative estimate of drug-likeness (QED) is 0.428. The van der Waals surface area contributed by atoms with Crippen molar-refractivity contribution in [1.29, 1.82) is 0 Å². The molecule has 3 aromatic rings. The van der Waals surface area contributed by atoms with Crippen molar-refractivity contribution >= 4 is 45.8 Å². The number of thiophene rings is 1. The van der Waals surface area contributed by atoms with Crippen molar-refractivity contribution in [1.82, 2.24) is 4.57 Å². The number of fused-ring (bicyclic) bond motifs is 2. The number of hydrogen-bond acceptors (Lipinski definition) is 7. The third-order valence-electron chi connectivity index (χ3n) is 6.46. The van der Waals surface area contributed by atoms with Gasteiger partial charge in [-0.15, -0.1) is 11.3 Å². The zero-order valence-corrected chi connectivity index (χ0v) is 22.9. The average Bonchev–Trinajstić information content (AvgIpc) is 3.58. The highest BCUT2D eigenvalue weighted by atomic mass is 32.1. The lowest BCUT2D eigenvalue weighted by atomic mass is 10.0. The lowest BCUT2D eigenvalue weighted by molar-refractivity contribution is -0.140. The first-order chi connectivity index (χ1) is 17.8. The largest absolute Gasteiger partial charge is 0.462 e. The molecule has 0 radical (unpaired) electrons. The highest BCUT2D eigenvalue weighted by Crippen LogP contribution is 2.36. The number of para-hydroxylation sites is 1. The zero-order chi connectivity index (χ0) is 26.3. The van der Waals surface area contributed by atoms with E-state index >= 15 is 0 Å². The van der Waals surface area contributed by atoms with Crippen LogP contribution in [0, 0.1) is 5.92 Å². The summed E-state index contributed by atoms with van der Waals surface area (Å²) in [5.41, 5.74) is 2.55. The zero-order valence-electron chi connectivity index (χ0n) is 21.3. The number of hydrogen-bond donors (Lipinski definition) is 0. The van der Waals surface area contributed by atoms with Gasteiger partial charge in [0, 0.05) is 17.0 Å². The smallest absolute Gasteiger partial charge is 0.338 e. The van der Waals surface area contributed by atoms with E-state index in [0.29, 0.717) is 32.7 Å². The number of aromatic nitrogens is 1. The van der Waals surface area contributed by atoms with E-state index in [9.17, 15) is 14.4 Å². The maximum absolute atomic E-state index is 14.1. The minimum Gasteiger partial charge on any atom is -0.462 e. The molecule has 2 aliphatic heterocycles. The Kier molecular flexibility index (Phi) is 7.00. The number of benzene rings is 1. The molecule has 0 N–H and O–H groups in total. The van der Waals surface area contributed by atoms with Gasteiger partial charge in [-0.1, -0.05) is 62.8 Å². The third-order valence-corrected chi connectivity index (χ3v) is 8.44. The summed E-state index contributed by atoms with van der Waals surface area (Å²) in [7, 11) is 0. The number of nitrogens with zero attached hydrogens (tertiary/aromatic N) is 3. The number of thiazole rings is 1. The van der Waals surface area contributed by atoms with Crippen LogP contribution in [0.5, 0.6) is 0 Å². The van der Waals surface area contributed by atoms with E-state index < -0.39 is 12.0 Å². The fourth-order valence-electron chi connectivity index (χ4n) is 4.71. The summed E-state index contributed by atoms with van der Waals surface area (Å²) in [6.45, 7) is 8.68. The minimum absolute atomic E-state index is 0.167. The topological polar surface area (TPSA) is 81.0 Å². The van der Waals surface area contributed by atoms with E-state index in [1.165, 1.54) is 22.7 Å². The molecule has 0 bridgehead atoms. The summed E-state index contributed by atoms with van der Waals surface area (Å²) < 4.78 is 7.49. The van der Waals surface area contributed by atoms with Crippen molar-refractivity contribution in [2.45, 2.75) is 46.6 Å². The second-order valence-corrected chi connectivity index (χ2v) is 11.6. The molecule has 2 aliphatic rings. The Bertz CT molecular complexity index is 1580. The molecule has 2 aromatic heterocycles. The maximum atomic E-state index is 14.1. The number of allylic oxidation sites excluding steroid dienone is 1. The van der Waals surface area contributed by atoms with E-state index in [0.717, 1.165) is 29.0 Å². The van der Waals surface area contributed by atoms with Gasteiger partial charge in [0.15, 0.2) is 4.80 Å². The number of esters is 1. The molecule has 7 nitrogen and oxygen atoms in total. The summed E-state index contributed by atoms with van der Waals surface area (Å²) in [4.78, 5) is 48.7. The summed E-state index contributed by atoms with van der Waals surface area (Å²) in [6, 6.07) is 10.8. The first-order valence-corrected chi connectivity index (χ1v) is 14.2. The van der Waals surface area contributed by atoms with E-state index in [1.54, 1.807) is 16.4 Å². The van der Waals surface area contributed by atoms with Crippen molar-refractivity contribution in [3.8, 4) is 0 Å². The molecule has 0 fully saturated rings. The van der Waals surface area contributed by atoms with Gasteiger partial charge in [0.25, 0.3) is 11.5 Å². The maximum Gasteiger partial charge on any atom is 0.338 e. The SMILES string of the molecule is CCCCN1C(=O)/C(=c2\sc3n(c2=O)[C@H](c2cccs2)C(C(=O)OCC(C)C)=C(C)N=3)c2ccccc21. The lowest BCUT2D eigenvalue weighted by Gasteiger charge is -2.23. The van der Waals surface area contributed by atoms with Gasteiger partial charge >= 0.3 is 5.97 Å². The van der Waals surface area contributed by atoms with Gasteiger partial charge in [-0.2, -0.15) is 0 Å². The molecular formula is C28H29N3O4S2. The minimum atomic E-state index is -0.659. The predicted octanol–water partition coefficient (Wildman–Crippen LogP) is 4.01. The number of anilines is 1. The Hall–Kier alpha value is -3.30. The average molecular weight is 536 g/mol. The summed E-state index contributed by atoms with van der Waals surface area (Å²) >= 11 is 2.68. The van der Waals surface area contributed by atoms with Gasteiger partial charge in [0.1, 0.15) is 10.6 Å². The van der Waals surface area contributed by atoms with Crippen LogP contribution in [0.4, 0.5) is 5.69 Å². The number of rotatable bonds is 7. The van der Waals surface area contributed by atoms with Gasteiger partial charge in [0.05, 0.1) is 29.1 Å². The van der Waals surface area contributed by atoms with Crippen LogP contribution >= 0.6 is 22.7 Å². The number of ether oxygens (including phenoxy) is 1. The molecule has 0 unspecified atom stereocenters. The normalized spacial score (nSPS) is 18.2. The Balaban J connectivity index is 1.72. The van der Waals surface area contributed by atoms with Crippen molar-refractivity contribution in [3.63, 3.8) is 0 Å². The highest BCUT2D eigenvalue weighted by molar-refractivity contribution is 7.10. The first kappa shape index (κ1) is 25.4. The molecule has 1 aromatic carbocycles.